The summed E-state index contributed by atoms with van der Waals surface area (Å²) in [6.07, 6.45) is 3.30. The second-order valence-electron chi connectivity index (χ2n) is 5.96. The van der Waals surface area contributed by atoms with Gasteiger partial charge in [0.25, 0.3) is 0 Å². The minimum Gasteiger partial charge on any atom is -0.382 e. The van der Waals surface area contributed by atoms with Gasteiger partial charge in [-0.05, 0) is 50.5 Å². The number of benzene rings is 1. The van der Waals surface area contributed by atoms with E-state index in [0.717, 1.165) is 62.5 Å². The molecule has 1 fully saturated rings. The summed E-state index contributed by atoms with van der Waals surface area (Å²) in [5.41, 5.74) is 1.28. The highest BCUT2D eigenvalue weighted by molar-refractivity contribution is 9.10. The van der Waals surface area contributed by atoms with Gasteiger partial charge in [0.05, 0.1) is 0 Å². The van der Waals surface area contributed by atoms with Crippen LogP contribution in [0.5, 0.6) is 0 Å². The SMILES string of the molecule is CCOCCCCNC(=NC)NC1CCN(c2ccc(Br)cc2)C1. The van der Waals surface area contributed by atoms with Gasteiger partial charge in [0.2, 0.25) is 0 Å². The van der Waals surface area contributed by atoms with Gasteiger partial charge in [-0.1, -0.05) is 15.9 Å². The van der Waals surface area contributed by atoms with E-state index in [4.69, 9.17) is 4.74 Å². The molecule has 1 aromatic carbocycles. The summed E-state index contributed by atoms with van der Waals surface area (Å²) in [5, 5.41) is 6.93. The quantitative estimate of drug-likeness (QED) is 0.402. The Morgan fingerprint density at radius 2 is 2.12 bits per heavy atom. The first-order valence-electron chi connectivity index (χ1n) is 8.78. The van der Waals surface area contributed by atoms with Crippen LogP contribution in [0.2, 0.25) is 0 Å². The summed E-state index contributed by atoms with van der Waals surface area (Å²) >= 11 is 3.49. The minimum atomic E-state index is 0.434. The summed E-state index contributed by atoms with van der Waals surface area (Å²) in [6.45, 7) is 6.68. The molecule has 0 radical (unpaired) electrons. The molecule has 2 N–H and O–H groups in total. The molecule has 1 aromatic rings. The molecule has 1 saturated heterocycles. The van der Waals surface area contributed by atoms with Gasteiger partial charge in [-0.2, -0.15) is 0 Å². The number of nitrogens with zero attached hydrogens (tertiary/aromatic N) is 2. The highest BCUT2D eigenvalue weighted by Gasteiger charge is 2.23. The molecule has 0 aromatic heterocycles. The third-order valence-corrected chi connectivity index (χ3v) is 4.69. The van der Waals surface area contributed by atoms with E-state index >= 15 is 0 Å². The number of hydrogen-bond donors (Lipinski definition) is 2. The molecule has 6 heteroatoms. The monoisotopic (exact) mass is 396 g/mol. The van der Waals surface area contributed by atoms with Gasteiger partial charge in [-0.25, -0.2) is 0 Å². The molecule has 1 unspecified atom stereocenters. The van der Waals surface area contributed by atoms with Crippen molar-refractivity contribution in [1.82, 2.24) is 10.6 Å². The average molecular weight is 397 g/mol. The minimum absolute atomic E-state index is 0.434. The number of halogens is 1. The van der Waals surface area contributed by atoms with Crippen molar-refractivity contribution in [2.75, 3.05) is 44.8 Å². The zero-order valence-corrected chi connectivity index (χ0v) is 16.3. The van der Waals surface area contributed by atoms with Crippen LogP contribution >= 0.6 is 15.9 Å². The van der Waals surface area contributed by atoms with E-state index in [-0.39, 0.29) is 0 Å². The van der Waals surface area contributed by atoms with Crippen LogP contribution < -0.4 is 15.5 Å². The molecule has 0 amide bonds. The maximum Gasteiger partial charge on any atom is 0.191 e. The molecule has 0 saturated carbocycles. The van der Waals surface area contributed by atoms with Crippen LogP contribution in [0.3, 0.4) is 0 Å². The summed E-state index contributed by atoms with van der Waals surface area (Å²) in [7, 11) is 1.83. The lowest BCUT2D eigenvalue weighted by Gasteiger charge is -2.20. The number of nitrogens with one attached hydrogen (secondary N) is 2. The highest BCUT2D eigenvalue weighted by atomic mass is 79.9. The largest absolute Gasteiger partial charge is 0.382 e. The number of aliphatic imine (C=N–C) groups is 1. The summed E-state index contributed by atoms with van der Waals surface area (Å²) < 4.78 is 6.47. The molecule has 1 heterocycles. The normalized spacial score (nSPS) is 18.0. The lowest BCUT2D eigenvalue weighted by atomic mass is 10.2. The number of hydrogen-bond acceptors (Lipinski definition) is 3. The van der Waals surface area contributed by atoms with Crippen LogP contribution in [0.4, 0.5) is 5.69 Å². The van der Waals surface area contributed by atoms with E-state index in [1.54, 1.807) is 0 Å². The van der Waals surface area contributed by atoms with E-state index in [2.05, 4.69) is 60.7 Å². The van der Waals surface area contributed by atoms with Crippen LogP contribution in [0.25, 0.3) is 0 Å². The van der Waals surface area contributed by atoms with Gasteiger partial charge >= 0.3 is 0 Å². The van der Waals surface area contributed by atoms with E-state index in [9.17, 15) is 0 Å². The number of anilines is 1. The fraction of sp³-hybridized carbons (Fsp3) is 0.611. The molecular weight excluding hydrogens is 368 g/mol. The number of guanidine groups is 1. The molecule has 24 heavy (non-hydrogen) atoms. The number of rotatable bonds is 8. The van der Waals surface area contributed by atoms with Gasteiger partial charge in [0.15, 0.2) is 5.96 Å². The summed E-state index contributed by atoms with van der Waals surface area (Å²) in [6, 6.07) is 8.95. The van der Waals surface area contributed by atoms with E-state index in [1.807, 2.05) is 14.0 Å². The van der Waals surface area contributed by atoms with E-state index in [0.29, 0.717) is 6.04 Å². The molecule has 2 rings (SSSR count). The third-order valence-electron chi connectivity index (χ3n) is 4.16. The Hall–Kier alpha value is -1.27. The van der Waals surface area contributed by atoms with Crippen LogP contribution in [0.1, 0.15) is 26.2 Å². The Kier molecular flexibility index (Phi) is 8.39. The smallest absolute Gasteiger partial charge is 0.191 e. The van der Waals surface area contributed by atoms with Crippen LogP contribution in [-0.2, 0) is 4.74 Å². The molecule has 134 valence electrons. The van der Waals surface area contributed by atoms with Gasteiger partial charge in [-0.15, -0.1) is 0 Å². The van der Waals surface area contributed by atoms with Crippen molar-refractivity contribution in [3.63, 3.8) is 0 Å². The molecule has 0 bridgehead atoms. The predicted molar refractivity (Wildman–Crippen MR) is 105 cm³/mol. The first-order valence-corrected chi connectivity index (χ1v) is 9.57. The molecule has 0 spiro atoms. The van der Waals surface area contributed by atoms with Crippen molar-refractivity contribution < 1.29 is 4.74 Å². The molecule has 1 atom stereocenters. The maximum absolute atomic E-state index is 5.35. The molecular formula is C18H29BrN4O. The lowest BCUT2D eigenvalue weighted by molar-refractivity contribution is 0.143. The summed E-state index contributed by atoms with van der Waals surface area (Å²) in [4.78, 5) is 6.75. The Labute approximate surface area is 154 Å². The topological polar surface area (TPSA) is 48.9 Å². The molecule has 1 aliphatic heterocycles. The molecule has 0 aliphatic carbocycles. The van der Waals surface area contributed by atoms with Gasteiger partial charge < -0.3 is 20.3 Å². The van der Waals surface area contributed by atoms with Crippen molar-refractivity contribution in [2.24, 2.45) is 4.99 Å². The highest BCUT2D eigenvalue weighted by Crippen LogP contribution is 2.22. The first kappa shape index (κ1) is 19.1. The van der Waals surface area contributed by atoms with E-state index < -0.39 is 0 Å². The fourth-order valence-electron chi connectivity index (χ4n) is 2.83. The Morgan fingerprint density at radius 3 is 2.83 bits per heavy atom. The van der Waals surface area contributed by atoms with Gasteiger partial charge in [-0.3, -0.25) is 4.99 Å². The van der Waals surface area contributed by atoms with Gasteiger partial charge in [0, 0.05) is 56.1 Å². The standard InChI is InChI=1S/C18H29BrN4O/c1-3-24-13-5-4-11-21-18(20-2)22-16-10-12-23(14-16)17-8-6-15(19)7-9-17/h6-9,16H,3-5,10-14H2,1-2H3,(H2,20,21,22). The average Bonchev–Trinajstić information content (AvgIpc) is 3.06. The van der Waals surface area contributed by atoms with Crippen LogP contribution in [-0.4, -0.2) is 51.9 Å². The predicted octanol–water partition coefficient (Wildman–Crippen LogP) is 3.01. The molecule has 5 nitrogen and oxygen atoms in total. The van der Waals surface area contributed by atoms with E-state index in [1.165, 1.54) is 5.69 Å². The number of ether oxygens (including phenoxy) is 1. The maximum atomic E-state index is 5.35. The Morgan fingerprint density at radius 1 is 1.33 bits per heavy atom. The zero-order chi connectivity index (χ0) is 17.2. The van der Waals surface area contributed by atoms with Crippen molar-refractivity contribution in [1.29, 1.82) is 0 Å². The van der Waals surface area contributed by atoms with Crippen molar-refractivity contribution in [2.45, 2.75) is 32.2 Å². The zero-order valence-electron chi connectivity index (χ0n) is 14.7. The number of unbranched alkanes of at least 4 members (excludes halogenated alkanes) is 1. The Balaban J connectivity index is 1.69. The fourth-order valence-corrected chi connectivity index (χ4v) is 3.10. The van der Waals surface area contributed by atoms with Gasteiger partial charge in [0.1, 0.15) is 0 Å². The first-order chi connectivity index (χ1) is 11.7. The molecule has 1 aliphatic rings. The summed E-state index contributed by atoms with van der Waals surface area (Å²) in [5.74, 6) is 0.897. The second kappa shape index (κ2) is 10.6. The lowest BCUT2D eigenvalue weighted by Crippen LogP contribution is -2.44. The van der Waals surface area contributed by atoms with Crippen LogP contribution in [0, 0.1) is 0 Å². The van der Waals surface area contributed by atoms with Crippen molar-refractivity contribution >= 4 is 27.6 Å². The van der Waals surface area contributed by atoms with Crippen LogP contribution in [0.15, 0.2) is 33.7 Å². The van der Waals surface area contributed by atoms with Crippen molar-refractivity contribution in [3.05, 3.63) is 28.7 Å². The van der Waals surface area contributed by atoms with Crippen molar-refractivity contribution in [3.8, 4) is 0 Å². The second-order valence-corrected chi connectivity index (χ2v) is 6.87. The Bertz CT molecular complexity index is 506. The third kappa shape index (κ3) is 6.32.